The number of nitrogens with zero attached hydrogens (tertiary/aromatic N) is 1. The van der Waals surface area contributed by atoms with E-state index in [1.807, 2.05) is 6.07 Å². The SMILES string of the molecule is C[Si](C)c1ccnc(N)c1Cl. The van der Waals surface area contributed by atoms with Gasteiger partial charge in [0.1, 0.15) is 5.82 Å². The first-order valence-corrected chi connectivity index (χ1v) is 6.21. The zero-order chi connectivity index (χ0) is 8.43. The summed E-state index contributed by atoms with van der Waals surface area (Å²) in [5.74, 6) is 0.440. The molecule has 0 bridgehead atoms. The van der Waals surface area contributed by atoms with Gasteiger partial charge in [0, 0.05) is 6.20 Å². The fraction of sp³-hybridized carbons (Fsp3) is 0.286. The number of hydrogen-bond donors (Lipinski definition) is 1. The number of rotatable bonds is 1. The van der Waals surface area contributed by atoms with Crippen LogP contribution in [-0.2, 0) is 0 Å². The summed E-state index contributed by atoms with van der Waals surface area (Å²) in [5.41, 5.74) is 5.53. The maximum absolute atomic E-state index is 5.93. The third-order valence-electron chi connectivity index (χ3n) is 1.45. The molecule has 0 aliphatic heterocycles. The highest BCUT2D eigenvalue weighted by atomic mass is 35.5. The number of halogens is 1. The van der Waals surface area contributed by atoms with Crippen LogP contribution in [0.2, 0.25) is 18.1 Å². The number of anilines is 1. The summed E-state index contributed by atoms with van der Waals surface area (Å²) in [5, 5.41) is 1.79. The molecule has 59 valence electrons. The Kier molecular flexibility index (Phi) is 2.52. The fourth-order valence-electron chi connectivity index (χ4n) is 0.846. The third kappa shape index (κ3) is 1.73. The van der Waals surface area contributed by atoms with E-state index in [1.165, 1.54) is 0 Å². The van der Waals surface area contributed by atoms with Gasteiger partial charge in [0.15, 0.2) is 0 Å². The van der Waals surface area contributed by atoms with E-state index in [2.05, 4.69) is 18.1 Å². The lowest BCUT2D eigenvalue weighted by Crippen LogP contribution is -2.24. The maximum Gasteiger partial charge on any atom is 0.142 e. The van der Waals surface area contributed by atoms with E-state index in [4.69, 9.17) is 17.3 Å². The van der Waals surface area contributed by atoms with Gasteiger partial charge in [-0.1, -0.05) is 24.7 Å². The van der Waals surface area contributed by atoms with E-state index in [9.17, 15) is 0 Å². The van der Waals surface area contributed by atoms with Gasteiger partial charge in [0.25, 0.3) is 0 Å². The Balaban J connectivity index is 3.17. The van der Waals surface area contributed by atoms with Gasteiger partial charge < -0.3 is 5.73 Å². The van der Waals surface area contributed by atoms with Crippen molar-refractivity contribution in [2.45, 2.75) is 13.1 Å². The summed E-state index contributed by atoms with van der Waals surface area (Å²) in [6, 6.07) is 1.94. The van der Waals surface area contributed by atoms with Crippen molar-refractivity contribution in [2.75, 3.05) is 5.73 Å². The van der Waals surface area contributed by atoms with Crippen LogP contribution in [0, 0.1) is 0 Å². The minimum atomic E-state index is -0.516. The molecule has 0 amide bonds. The summed E-state index contributed by atoms with van der Waals surface area (Å²) in [6.07, 6.45) is 1.70. The molecular weight excluding hydrogens is 176 g/mol. The lowest BCUT2D eigenvalue weighted by atomic mass is 10.5. The molecule has 0 unspecified atom stereocenters. The maximum atomic E-state index is 5.93. The Morgan fingerprint density at radius 1 is 1.55 bits per heavy atom. The molecule has 4 heteroatoms. The van der Waals surface area contributed by atoms with Gasteiger partial charge in [-0.15, -0.1) is 0 Å². The van der Waals surface area contributed by atoms with Crippen molar-refractivity contribution in [2.24, 2.45) is 0 Å². The number of pyridine rings is 1. The van der Waals surface area contributed by atoms with Gasteiger partial charge >= 0.3 is 0 Å². The number of aromatic nitrogens is 1. The monoisotopic (exact) mass is 185 g/mol. The second kappa shape index (κ2) is 3.24. The van der Waals surface area contributed by atoms with Crippen molar-refractivity contribution in [3.05, 3.63) is 17.3 Å². The number of hydrogen-bond acceptors (Lipinski definition) is 2. The van der Waals surface area contributed by atoms with E-state index < -0.39 is 8.80 Å². The average Bonchev–Trinajstić information content (AvgIpc) is 1.94. The van der Waals surface area contributed by atoms with Crippen molar-refractivity contribution in [1.82, 2.24) is 4.98 Å². The molecule has 0 atom stereocenters. The van der Waals surface area contributed by atoms with Gasteiger partial charge in [0.05, 0.1) is 13.8 Å². The normalized spacial score (nSPS) is 10.5. The van der Waals surface area contributed by atoms with Gasteiger partial charge in [-0.25, -0.2) is 4.98 Å². The van der Waals surface area contributed by atoms with Crippen molar-refractivity contribution in [1.29, 1.82) is 0 Å². The van der Waals surface area contributed by atoms with E-state index in [0.29, 0.717) is 10.8 Å². The Bertz CT molecular complexity index is 263. The Labute approximate surface area is 73.0 Å². The highest BCUT2D eigenvalue weighted by molar-refractivity contribution is 6.73. The highest BCUT2D eigenvalue weighted by Gasteiger charge is 2.08. The minimum absolute atomic E-state index is 0.440. The molecule has 1 aromatic rings. The molecule has 0 aromatic carbocycles. The Morgan fingerprint density at radius 3 is 2.64 bits per heavy atom. The largest absolute Gasteiger partial charge is 0.382 e. The molecule has 0 spiro atoms. The lowest BCUT2D eigenvalue weighted by Gasteiger charge is -2.06. The van der Waals surface area contributed by atoms with Crippen LogP contribution in [-0.4, -0.2) is 13.8 Å². The van der Waals surface area contributed by atoms with E-state index in [-0.39, 0.29) is 0 Å². The van der Waals surface area contributed by atoms with Crippen LogP contribution in [0.1, 0.15) is 0 Å². The van der Waals surface area contributed by atoms with Crippen molar-refractivity contribution in [3.8, 4) is 0 Å². The van der Waals surface area contributed by atoms with E-state index in [0.717, 1.165) is 5.19 Å². The second-order valence-electron chi connectivity index (χ2n) is 2.56. The standard InChI is InChI=1S/C7H10ClN2Si/c1-11(2)5-3-4-10-7(9)6(5)8/h3-4H,1-2H3,(H2,9,10). The first-order chi connectivity index (χ1) is 5.13. The van der Waals surface area contributed by atoms with Crippen molar-refractivity contribution in [3.63, 3.8) is 0 Å². The molecule has 0 aliphatic carbocycles. The first-order valence-electron chi connectivity index (χ1n) is 3.33. The van der Waals surface area contributed by atoms with E-state index in [1.54, 1.807) is 6.20 Å². The van der Waals surface area contributed by atoms with Crippen LogP contribution in [0.25, 0.3) is 0 Å². The Morgan fingerprint density at radius 2 is 2.18 bits per heavy atom. The molecule has 0 fully saturated rings. The molecule has 0 saturated heterocycles. The quantitative estimate of drug-likeness (QED) is 0.670. The molecule has 1 rings (SSSR count). The molecule has 1 radical (unpaired) electrons. The highest BCUT2D eigenvalue weighted by Crippen LogP contribution is 2.12. The minimum Gasteiger partial charge on any atom is -0.382 e. The topological polar surface area (TPSA) is 38.9 Å². The zero-order valence-electron chi connectivity index (χ0n) is 6.56. The van der Waals surface area contributed by atoms with Crippen LogP contribution in [0.5, 0.6) is 0 Å². The van der Waals surface area contributed by atoms with Crippen LogP contribution < -0.4 is 10.9 Å². The molecular formula is C7H10ClN2Si. The van der Waals surface area contributed by atoms with Crippen molar-refractivity contribution < 1.29 is 0 Å². The molecule has 2 nitrogen and oxygen atoms in total. The average molecular weight is 186 g/mol. The van der Waals surface area contributed by atoms with Gasteiger partial charge in [-0.2, -0.15) is 0 Å². The van der Waals surface area contributed by atoms with Crippen LogP contribution in [0.4, 0.5) is 5.82 Å². The van der Waals surface area contributed by atoms with Gasteiger partial charge in [0.2, 0.25) is 0 Å². The van der Waals surface area contributed by atoms with E-state index >= 15 is 0 Å². The summed E-state index contributed by atoms with van der Waals surface area (Å²) < 4.78 is 0. The molecule has 11 heavy (non-hydrogen) atoms. The zero-order valence-corrected chi connectivity index (χ0v) is 8.31. The molecule has 0 aliphatic rings. The number of nitrogen functional groups attached to an aromatic ring is 1. The molecule has 2 N–H and O–H groups in total. The summed E-state index contributed by atoms with van der Waals surface area (Å²) >= 11 is 5.93. The smallest absolute Gasteiger partial charge is 0.142 e. The fourth-order valence-corrected chi connectivity index (χ4v) is 2.50. The van der Waals surface area contributed by atoms with Gasteiger partial charge in [-0.05, 0) is 11.3 Å². The molecule has 0 saturated carbocycles. The summed E-state index contributed by atoms with van der Waals surface area (Å²) in [4.78, 5) is 3.88. The van der Waals surface area contributed by atoms with Gasteiger partial charge in [-0.3, -0.25) is 0 Å². The lowest BCUT2D eigenvalue weighted by molar-refractivity contribution is 1.35. The summed E-state index contributed by atoms with van der Waals surface area (Å²) in [7, 11) is -0.516. The predicted octanol–water partition coefficient (Wildman–Crippen LogP) is 1.28. The van der Waals surface area contributed by atoms with Crippen LogP contribution >= 0.6 is 11.6 Å². The predicted molar refractivity (Wildman–Crippen MR) is 50.8 cm³/mol. The van der Waals surface area contributed by atoms with Crippen LogP contribution in [0.15, 0.2) is 12.3 Å². The second-order valence-corrected chi connectivity index (χ2v) is 5.47. The summed E-state index contributed by atoms with van der Waals surface area (Å²) in [6.45, 7) is 4.34. The van der Waals surface area contributed by atoms with Crippen LogP contribution in [0.3, 0.4) is 0 Å². The Hall–Kier alpha value is -0.543. The third-order valence-corrected chi connectivity index (χ3v) is 3.50. The molecule has 1 heterocycles. The first kappa shape index (κ1) is 8.55. The number of nitrogens with two attached hydrogens (primary N) is 1. The molecule has 1 aromatic heterocycles. The van der Waals surface area contributed by atoms with Crippen molar-refractivity contribution >= 4 is 31.4 Å².